The molecule has 3 aromatic rings. The van der Waals surface area contributed by atoms with Crippen LogP contribution in [0, 0.1) is 6.92 Å². The largest absolute Gasteiger partial charge is 0.276 e. The smallest absolute Gasteiger partial charge is 0.153 e. The van der Waals surface area contributed by atoms with Crippen LogP contribution in [0.15, 0.2) is 59.7 Å². The van der Waals surface area contributed by atoms with Crippen molar-refractivity contribution in [2.75, 3.05) is 5.43 Å². The summed E-state index contributed by atoms with van der Waals surface area (Å²) in [6, 6.07) is 15.8. The van der Waals surface area contributed by atoms with Gasteiger partial charge < -0.3 is 0 Å². The topological polar surface area (TPSA) is 42.2 Å². The summed E-state index contributed by atoms with van der Waals surface area (Å²) in [5.74, 6) is 1.73. The van der Waals surface area contributed by atoms with Crippen LogP contribution in [0.4, 0.5) is 5.69 Å². The average molecular weight is 323 g/mol. The first-order valence-corrected chi connectivity index (χ1v) is 7.81. The van der Waals surface area contributed by atoms with Gasteiger partial charge in [0.15, 0.2) is 5.84 Å². The predicted octanol–water partition coefficient (Wildman–Crippen LogP) is 4.07. The minimum absolute atomic E-state index is 0.696. The van der Waals surface area contributed by atoms with Crippen molar-refractivity contribution in [1.29, 1.82) is 0 Å². The SMILES string of the molecule is Cc1cn2c(n1)Cc1ccc(Cl)cc1C(=Nc1ccccc1)N2. The van der Waals surface area contributed by atoms with Gasteiger partial charge in [-0.3, -0.25) is 5.43 Å². The number of hydrogen-bond acceptors (Lipinski definition) is 2. The van der Waals surface area contributed by atoms with Crippen LogP contribution in [0.2, 0.25) is 5.02 Å². The van der Waals surface area contributed by atoms with E-state index in [9.17, 15) is 0 Å². The minimum Gasteiger partial charge on any atom is -0.276 e. The van der Waals surface area contributed by atoms with Crippen molar-refractivity contribution < 1.29 is 0 Å². The van der Waals surface area contributed by atoms with Crippen LogP contribution in [0.5, 0.6) is 0 Å². The Morgan fingerprint density at radius 3 is 2.83 bits per heavy atom. The van der Waals surface area contributed by atoms with Crippen molar-refractivity contribution in [3.63, 3.8) is 0 Å². The number of hydrogen-bond donors (Lipinski definition) is 1. The highest BCUT2D eigenvalue weighted by atomic mass is 35.5. The van der Waals surface area contributed by atoms with Gasteiger partial charge in [0, 0.05) is 23.2 Å². The van der Waals surface area contributed by atoms with E-state index in [1.54, 1.807) is 0 Å². The first-order valence-electron chi connectivity index (χ1n) is 7.43. The number of halogens is 1. The second-order valence-corrected chi connectivity index (χ2v) is 5.99. The van der Waals surface area contributed by atoms with Gasteiger partial charge in [-0.2, -0.15) is 0 Å². The molecule has 5 heteroatoms. The fourth-order valence-corrected chi connectivity index (χ4v) is 2.93. The molecule has 2 aromatic carbocycles. The number of nitrogens with zero attached hydrogens (tertiary/aromatic N) is 3. The van der Waals surface area contributed by atoms with Crippen molar-refractivity contribution in [1.82, 2.24) is 9.66 Å². The third-order valence-electron chi connectivity index (χ3n) is 3.80. The number of aromatic nitrogens is 2. The van der Waals surface area contributed by atoms with E-state index in [1.807, 2.05) is 66.3 Å². The normalized spacial score (nSPS) is 14.8. The first-order chi connectivity index (χ1) is 11.2. The van der Waals surface area contributed by atoms with Gasteiger partial charge >= 0.3 is 0 Å². The number of imidazole rings is 1. The summed E-state index contributed by atoms with van der Waals surface area (Å²) in [6.07, 6.45) is 2.71. The number of fused-ring (bicyclic) bond motifs is 2. The molecule has 1 N–H and O–H groups in total. The Morgan fingerprint density at radius 1 is 1.17 bits per heavy atom. The summed E-state index contributed by atoms with van der Waals surface area (Å²) in [5.41, 5.74) is 7.38. The molecule has 4 nitrogen and oxygen atoms in total. The van der Waals surface area contributed by atoms with Crippen LogP contribution < -0.4 is 5.43 Å². The number of para-hydroxylation sites is 1. The molecular weight excluding hydrogens is 308 g/mol. The van der Waals surface area contributed by atoms with E-state index >= 15 is 0 Å². The standard InChI is InChI=1S/C18H15ClN4/c1-12-11-23-17(20-12)9-13-7-8-14(19)10-16(13)18(22-23)21-15-5-3-2-4-6-15/h2-8,10-11H,9H2,1H3,(H,21,22). The van der Waals surface area contributed by atoms with Gasteiger partial charge in [0.05, 0.1) is 11.4 Å². The lowest BCUT2D eigenvalue weighted by atomic mass is 10.0. The van der Waals surface area contributed by atoms with Crippen LogP contribution in [0.3, 0.4) is 0 Å². The Hall–Kier alpha value is -2.59. The van der Waals surface area contributed by atoms with Gasteiger partial charge in [-0.15, -0.1) is 0 Å². The van der Waals surface area contributed by atoms with Gasteiger partial charge in [-0.25, -0.2) is 14.7 Å². The number of amidine groups is 1. The quantitative estimate of drug-likeness (QED) is 0.733. The first kappa shape index (κ1) is 14.0. The second-order valence-electron chi connectivity index (χ2n) is 5.55. The third kappa shape index (κ3) is 2.73. The molecule has 0 aliphatic carbocycles. The highest BCUT2D eigenvalue weighted by Gasteiger charge is 2.19. The Balaban J connectivity index is 1.90. The molecule has 1 aliphatic rings. The molecule has 0 atom stereocenters. The molecule has 0 saturated carbocycles. The van der Waals surface area contributed by atoms with E-state index in [0.29, 0.717) is 5.02 Å². The van der Waals surface area contributed by atoms with Gasteiger partial charge in [0.1, 0.15) is 5.82 Å². The van der Waals surface area contributed by atoms with Crippen LogP contribution in [0.25, 0.3) is 0 Å². The highest BCUT2D eigenvalue weighted by Crippen LogP contribution is 2.24. The Labute approximate surface area is 139 Å². The molecule has 1 aliphatic heterocycles. The molecule has 1 aromatic heterocycles. The zero-order chi connectivity index (χ0) is 15.8. The monoisotopic (exact) mass is 322 g/mol. The van der Waals surface area contributed by atoms with Crippen molar-refractivity contribution in [2.24, 2.45) is 4.99 Å². The second kappa shape index (κ2) is 5.56. The van der Waals surface area contributed by atoms with Crippen molar-refractivity contribution in [3.05, 3.63) is 82.4 Å². The van der Waals surface area contributed by atoms with Gasteiger partial charge in [0.2, 0.25) is 0 Å². The molecule has 2 heterocycles. The summed E-state index contributed by atoms with van der Waals surface area (Å²) in [4.78, 5) is 9.35. The van der Waals surface area contributed by atoms with Crippen LogP contribution in [-0.4, -0.2) is 15.5 Å². The molecule has 0 bridgehead atoms. The lowest BCUT2D eigenvalue weighted by Crippen LogP contribution is -2.22. The summed E-state index contributed by atoms with van der Waals surface area (Å²) in [6.45, 7) is 1.99. The molecule has 0 fully saturated rings. The van der Waals surface area contributed by atoms with E-state index in [-0.39, 0.29) is 0 Å². The molecule has 114 valence electrons. The van der Waals surface area contributed by atoms with E-state index < -0.39 is 0 Å². The molecular formula is C18H15ClN4. The highest BCUT2D eigenvalue weighted by molar-refractivity contribution is 6.31. The molecule has 0 radical (unpaired) electrons. The Morgan fingerprint density at radius 2 is 2.00 bits per heavy atom. The molecule has 23 heavy (non-hydrogen) atoms. The number of aliphatic imine (C=N–C) groups is 1. The van der Waals surface area contributed by atoms with E-state index in [0.717, 1.165) is 40.6 Å². The van der Waals surface area contributed by atoms with Gasteiger partial charge in [0.25, 0.3) is 0 Å². The van der Waals surface area contributed by atoms with Crippen molar-refractivity contribution in [2.45, 2.75) is 13.3 Å². The van der Waals surface area contributed by atoms with Crippen LogP contribution in [0.1, 0.15) is 22.6 Å². The Kier molecular flexibility index (Phi) is 3.39. The molecule has 0 amide bonds. The summed E-state index contributed by atoms with van der Waals surface area (Å²) in [7, 11) is 0. The summed E-state index contributed by atoms with van der Waals surface area (Å²) >= 11 is 6.20. The zero-order valence-electron chi connectivity index (χ0n) is 12.6. The molecule has 0 saturated heterocycles. The maximum atomic E-state index is 6.20. The minimum atomic E-state index is 0.696. The third-order valence-corrected chi connectivity index (χ3v) is 4.03. The maximum absolute atomic E-state index is 6.20. The molecule has 4 rings (SSSR count). The number of aryl methyl sites for hydroxylation is 1. The number of benzene rings is 2. The van der Waals surface area contributed by atoms with E-state index in [4.69, 9.17) is 16.6 Å². The predicted molar refractivity (Wildman–Crippen MR) is 93.2 cm³/mol. The lowest BCUT2D eigenvalue weighted by Gasteiger charge is -2.11. The van der Waals surface area contributed by atoms with E-state index in [1.165, 1.54) is 0 Å². The van der Waals surface area contributed by atoms with Gasteiger partial charge in [-0.05, 0) is 36.8 Å². The lowest BCUT2D eigenvalue weighted by molar-refractivity contribution is 0.875. The van der Waals surface area contributed by atoms with Crippen molar-refractivity contribution >= 4 is 23.1 Å². The number of rotatable bonds is 1. The molecule has 0 unspecified atom stereocenters. The summed E-state index contributed by atoms with van der Waals surface area (Å²) < 4.78 is 1.94. The fraction of sp³-hybridized carbons (Fsp3) is 0.111. The zero-order valence-corrected chi connectivity index (χ0v) is 13.4. The van der Waals surface area contributed by atoms with Gasteiger partial charge in [-0.1, -0.05) is 35.9 Å². The maximum Gasteiger partial charge on any atom is 0.153 e. The van der Waals surface area contributed by atoms with E-state index in [2.05, 4.69) is 10.4 Å². The van der Waals surface area contributed by atoms with Crippen LogP contribution in [-0.2, 0) is 6.42 Å². The number of nitrogens with one attached hydrogen (secondary N) is 1. The Bertz CT molecular complexity index is 897. The van der Waals surface area contributed by atoms with Crippen LogP contribution >= 0.6 is 11.6 Å². The van der Waals surface area contributed by atoms with Crippen molar-refractivity contribution in [3.8, 4) is 0 Å². The molecule has 0 spiro atoms. The summed E-state index contributed by atoms with van der Waals surface area (Å²) in [5, 5.41) is 0.696. The fourth-order valence-electron chi connectivity index (χ4n) is 2.75. The average Bonchev–Trinajstić information content (AvgIpc) is 2.82.